The van der Waals surface area contributed by atoms with Crippen LogP contribution in [0.1, 0.15) is 25.7 Å². The molecule has 0 atom stereocenters. The Morgan fingerprint density at radius 2 is 1.33 bits per heavy atom. The van der Waals surface area contributed by atoms with E-state index in [1.165, 1.54) is 45.8 Å². The molecule has 1 fully saturated rings. The molecular weight excluding hydrogens is 112 g/mol. The van der Waals surface area contributed by atoms with Crippen molar-refractivity contribution < 1.29 is 0 Å². The van der Waals surface area contributed by atoms with Gasteiger partial charge in [0.15, 0.2) is 0 Å². The molecule has 0 amide bonds. The van der Waals surface area contributed by atoms with Gasteiger partial charge in [-0.25, -0.2) is 0 Å². The Hall–Kier alpha value is -0.0800. The molecule has 56 valence electrons. The van der Waals surface area contributed by atoms with Gasteiger partial charge >= 0.3 is 0 Å². The van der Waals surface area contributed by atoms with E-state index < -0.39 is 0 Å². The molecule has 2 heteroatoms. The fourth-order valence-corrected chi connectivity index (χ4v) is 0.979. The van der Waals surface area contributed by atoms with E-state index in [0.29, 0.717) is 0 Å². The summed E-state index contributed by atoms with van der Waals surface area (Å²) >= 11 is 0. The highest BCUT2D eigenvalue weighted by Gasteiger charge is 1.94. The second-order valence-corrected chi connectivity index (χ2v) is 2.16. The fraction of sp³-hybridized carbons (Fsp3) is 1.00. The van der Waals surface area contributed by atoms with Crippen LogP contribution in [0.5, 0.6) is 0 Å². The molecule has 0 aromatic rings. The van der Waals surface area contributed by atoms with Crippen LogP contribution in [0.15, 0.2) is 0 Å². The van der Waals surface area contributed by atoms with Gasteiger partial charge in [-0.05, 0) is 33.0 Å². The van der Waals surface area contributed by atoms with E-state index in [-0.39, 0.29) is 0 Å². The summed E-state index contributed by atoms with van der Waals surface area (Å²) in [5.74, 6) is 0. The molecule has 2 nitrogen and oxygen atoms in total. The molecule has 1 saturated heterocycles. The van der Waals surface area contributed by atoms with Gasteiger partial charge in [-0.15, -0.1) is 0 Å². The van der Waals surface area contributed by atoms with Gasteiger partial charge in [-0.3, -0.25) is 0 Å². The maximum Gasteiger partial charge on any atom is -0.00489 e. The zero-order valence-corrected chi connectivity index (χ0v) is 6.32. The third-order valence-electron chi connectivity index (χ3n) is 1.46. The number of nitrogens with two attached hydrogens (primary N) is 1. The Balaban J connectivity index is 0.000000291. The lowest BCUT2D eigenvalue weighted by molar-refractivity contribution is 0.702. The number of rotatable bonds is 0. The zero-order chi connectivity index (χ0) is 6.95. The summed E-state index contributed by atoms with van der Waals surface area (Å²) in [6, 6.07) is 0. The van der Waals surface area contributed by atoms with Crippen LogP contribution in [0.25, 0.3) is 0 Å². The van der Waals surface area contributed by atoms with Gasteiger partial charge in [-0.2, -0.15) is 0 Å². The van der Waals surface area contributed by atoms with Crippen molar-refractivity contribution in [3.63, 3.8) is 0 Å². The highest BCUT2D eigenvalue weighted by Crippen LogP contribution is 2.00. The molecule has 0 aromatic carbocycles. The minimum absolute atomic E-state index is 1.25. The maximum absolute atomic E-state index is 4.50. The first-order valence-electron chi connectivity index (χ1n) is 3.78. The van der Waals surface area contributed by atoms with Gasteiger partial charge in [0.05, 0.1) is 0 Å². The van der Waals surface area contributed by atoms with E-state index in [2.05, 4.69) is 11.1 Å². The van der Waals surface area contributed by atoms with Gasteiger partial charge in [0.2, 0.25) is 0 Å². The van der Waals surface area contributed by atoms with Crippen LogP contribution in [0.3, 0.4) is 0 Å². The number of hydrogen-bond donors (Lipinski definition) is 2. The molecule has 1 rings (SSSR count). The van der Waals surface area contributed by atoms with Gasteiger partial charge in [0, 0.05) is 0 Å². The van der Waals surface area contributed by atoms with Crippen molar-refractivity contribution in [2.75, 3.05) is 20.1 Å². The third kappa shape index (κ3) is 5.80. The van der Waals surface area contributed by atoms with E-state index in [9.17, 15) is 0 Å². The lowest BCUT2D eigenvalue weighted by Crippen LogP contribution is -2.12. The first-order chi connectivity index (χ1) is 4.50. The summed E-state index contributed by atoms with van der Waals surface area (Å²) in [4.78, 5) is 0. The molecule has 1 aliphatic heterocycles. The molecule has 0 saturated carbocycles. The fourth-order valence-electron chi connectivity index (χ4n) is 0.979. The largest absolute Gasteiger partial charge is 0.333 e. The SMILES string of the molecule is C1CCCNCC1.CN. The molecule has 1 aliphatic rings. The quantitative estimate of drug-likeness (QED) is 0.507. The van der Waals surface area contributed by atoms with Crippen molar-refractivity contribution in [2.45, 2.75) is 25.7 Å². The average molecular weight is 130 g/mol. The first-order valence-corrected chi connectivity index (χ1v) is 3.78. The van der Waals surface area contributed by atoms with Gasteiger partial charge in [0.25, 0.3) is 0 Å². The van der Waals surface area contributed by atoms with Crippen LogP contribution in [-0.4, -0.2) is 20.1 Å². The van der Waals surface area contributed by atoms with Gasteiger partial charge < -0.3 is 11.1 Å². The molecule has 0 spiro atoms. The molecule has 0 aromatic heterocycles. The Labute approximate surface area is 57.8 Å². The van der Waals surface area contributed by atoms with E-state index in [0.717, 1.165) is 0 Å². The van der Waals surface area contributed by atoms with Gasteiger partial charge in [-0.1, -0.05) is 12.8 Å². The maximum atomic E-state index is 4.50. The van der Waals surface area contributed by atoms with Crippen LogP contribution in [0, 0.1) is 0 Å². The monoisotopic (exact) mass is 130 g/mol. The van der Waals surface area contributed by atoms with Crippen LogP contribution in [0.4, 0.5) is 0 Å². The Bertz CT molecular complexity index is 26.5. The lowest BCUT2D eigenvalue weighted by atomic mass is 10.2. The summed E-state index contributed by atoms with van der Waals surface area (Å²) in [7, 11) is 1.50. The highest BCUT2D eigenvalue weighted by molar-refractivity contribution is 4.54. The topological polar surface area (TPSA) is 38.0 Å². The second kappa shape index (κ2) is 7.92. The van der Waals surface area contributed by atoms with Crippen LogP contribution >= 0.6 is 0 Å². The summed E-state index contributed by atoms with van der Waals surface area (Å²) in [6.45, 7) is 2.50. The molecule has 0 bridgehead atoms. The van der Waals surface area contributed by atoms with Crippen molar-refractivity contribution >= 4 is 0 Å². The van der Waals surface area contributed by atoms with Crippen LogP contribution < -0.4 is 11.1 Å². The van der Waals surface area contributed by atoms with Crippen LogP contribution in [-0.2, 0) is 0 Å². The third-order valence-corrected chi connectivity index (χ3v) is 1.46. The van der Waals surface area contributed by atoms with E-state index in [1.807, 2.05) is 0 Å². The number of hydrogen-bond acceptors (Lipinski definition) is 2. The Morgan fingerprint density at radius 1 is 0.889 bits per heavy atom. The van der Waals surface area contributed by atoms with Gasteiger partial charge in [0.1, 0.15) is 0 Å². The van der Waals surface area contributed by atoms with E-state index in [4.69, 9.17) is 0 Å². The molecule has 0 radical (unpaired) electrons. The predicted molar refractivity (Wildman–Crippen MR) is 41.4 cm³/mol. The summed E-state index contributed by atoms with van der Waals surface area (Å²) in [6.07, 6.45) is 5.65. The smallest absolute Gasteiger partial charge is 0.00489 e. The zero-order valence-electron chi connectivity index (χ0n) is 6.32. The second-order valence-electron chi connectivity index (χ2n) is 2.16. The van der Waals surface area contributed by atoms with Crippen molar-refractivity contribution in [1.82, 2.24) is 5.32 Å². The average Bonchev–Trinajstić information content (AvgIpc) is 2.21. The van der Waals surface area contributed by atoms with Crippen molar-refractivity contribution in [2.24, 2.45) is 5.73 Å². The van der Waals surface area contributed by atoms with Crippen molar-refractivity contribution in [1.29, 1.82) is 0 Å². The van der Waals surface area contributed by atoms with E-state index >= 15 is 0 Å². The molecule has 9 heavy (non-hydrogen) atoms. The predicted octanol–water partition coefficient (Wildman–Crippen LogP) is 0.725. The number of nitrogens with one attached hydrogen (secondary N) is 1. The normalized spacial score (nSPS) is 19.3. The molecule has 0 aliphatic carbocycles. The summed E-state index contributed by atoms with van der Waals surface area (Å²) in [5.41, 5.74) is 4.50. The molecular formula is C7H18N2. The van der Waals surface area contributed by atoms with Crippen molar-refractivity contribution in [3.05, 3.63) is 0 Å². The standard InChI is InChI=1S/C6H13N.CH5N/c1-2-4-6-7-5-3-1;1-2/h7H,1-6H2;2H2,1H3. The Morgan fingerprint density at radius 3 is 1.78 bits per heavy atom. The molecule has 1 heterocycles. The summed E-state index contributed by atoms with van der Waals surface area (Å²) < 4.78 is 0. The lowest BCUT2D eigenvalue weighted by Gasteiger charge is -1.91. The molecule has 3 N–H and O–H groups in total. The van der Waals surface area contributed by atoms with E-state index in [1.54, 1.807) is 0 Å². The van der Waals surface area contributed by atoms with Crippen LogP contribution in [0.2, 0.25) is 0 Å². The first kappa shape index (κ1) is 8.92. The summed E-state index contributed by atoms with van der Waals surface area (Å²) in [5, 5.41) is 3.35. The minimum atomic E-state index is 1.25. The Kier molecular flexibility index (Phi) is 7.85. The highest BCUT2D eigenvalue weighted by atomic mass is 14.8. The van der Waals surface area contributed by atoms with Crippen molar-refractivity contribution in [3.8, 4) is 0 Å². The minimum Gasteiger partial charge on any atom is -0.333 e. The molecule has 0 unspecified atom stereocenters.